The lowest BCUT2D eigenvalue weighted by Gasteiger charge is -2.13. The second kappa shape index (κ2) is 3.28. The Morgan fingerprint density at radius 2 is 1.93 bits per heavy atom. The van der Waals surface area contributed by atoms with Gasteiger partial charge in [0.05, 0.1) is 12.8 Å². The lowest BCUT2D eigenvalue weighted by atomic mass is 10.1. The van der Waals surface area contributed by atoms with Gasteiger partial charge in [0.1, 0.15) is 17.1 Å². The van der Waals surface area contributed by atoms with Crippen LogP contribution in [0.5, 0.6) is 11.5 Å². The molecule has 0 bridgehead atoms. The Morgan fingerprint density at radius 3 is 2.36 bits per heavy atom. The third-order valence-corrected chi connectivity index (χ3v) is 1.65. The van der Waals surface area contributed by atoms with Gasteiger partial charge in [-0.3, -0.25) is 0 Å². The zero-order valence-corrected chi connectivity index (χ0v) is 7.22. The maximum absolute atomic E-state index is 12.3. The van der Waals surface area contributed by atoms with Crippen molar-refractivity contribution in [1.82, 2.24) is 0 Å². The topological polar surface area (TPSA) is 55.5 Å². The fourth-order valence-electron chi connectivity index (χ4n) is 0.975. The molecule has 78 valence electrons. The number of phenols is 1. The maximum Gasteiger partial charge on any atom is 0.420 e. The van der Waals surface area contributed by atoms with Gasteiger partial charge in [-0.05, 0) is 6.07 Å². The highest BCUT2D eigenvalue weighted by atomic mass is 19.4. The van der Waals surface area contributed by atoms with Gasteiger partial charge in [-0.25, -0.2) is 0 Å². The molecule has 6 heteroatoms. The molecule has 0 amide bonds. The summed E-state index contributed by atoms with van der Waals surface area (Å²) in [4.78, 5) is 0. The van der Waals surface area contributed by atoms with Crippen LogP contribution in [0.4, 0.5) is 18.9 Å². The highest BCUT2D eigenvalue weighted by Gasteiger charge is 2.35. The SMILES string of the molecule is COc1cc(N)c(O)cc1C(F)(F)F. The van der Waals surface area contributed by atoms with Crippen molar-refractivity contribution in [3.05, 3.63) is 17.7 Å². The Morgan fingerprint density at radius 1 is 1.36 bits per heavy atom. The number of halogens is 3. The van der Waals surface area contributed by atoms with Gasteiger partial charge in [-0.2, -0.15) is 13.2 Å². The van der Waals surface area contributed by atoms with Gasteiger partial charge in [0.25, 0.3) is 0 Å². The van der Waals surface area contributed by atoms with Crippen LogP contribution in [0.1, 0.15) is 5.56 Å². The average molecular weight is 207 g/mol. The van der Waals surface area contributed by atoms with Gasteiger partial charge in [0.2, 0.25) is 0 Å². The Bertz CT molecular complexity index is 349. The highest BCUT2D eigenvalue weighted by molar-refractivity contribution is 5.59. The van der Waals surface area contributed by atoms with Gasteiger partial charge in [-0.15, -0.1) is 0 Å². The average Bonchev–Trinajstić information content (AvgIpc) is 2.07. The molecule has 0 saturated carbocycles. The number of rotatable bonds is 1. The van der Waals surface area contributed by atoms with E-state index in [4.69, 9.17) is 10.8 Å². The van der Waals surface area contributed by atoms with Crippen molar-refractivity contribution >= 4 is 5.69 Å². The quantitative estimate of drug-likeness (QED) is 0.547. The maximum atomic E-state index is 12.3. The number of hydrogen-bond donors (Lipinski definition) is 2. The van der Waals surface area contributed by atoms with Crippen LogP contribution in [0.25, 0.3) is 0 Å². The molecule has 0 saturated heterocycles. The number of nitrogens with two attached hydrogens (primary N) is 1. The van der Waals surface area contributed by atoms with Crippen molar-refractivity contribution in [3.63, 3.8) is 0 Å². The zero-order valence-electron chi connectivity index (χ0n) is 7.22. The summed E-state index contributed by atoms with van der Waals surface area (Å²) in [5.74, 6) is -1.02. The van der Waals surface area contributed by atoms with E-state index in [1.54, 1.807) is 0 Å². The third kappa shape index (κ3) is 1.84. The molecular weight excluding hydrogens is 199 g/mol. The Kier molecular flexibility index (Phi) is 2.46. The highest BCUT2D eigenvalue weighted by Crippen LogP contribution is 2.40. The predicted octanol–water partition coefficient (Wildman–Crippen LogP) is 2.00. The first-order valence-corrected chi connectivity index (χ1v) is 3.60. The molecule has 0 heterocycles. The van der Waals surface area contributed by atoms with E-state index in [0.717, 1.165) is 13.2 Å². The van der Waals surface area contributed by atoms with Crippen molar-refractivity contribution in [2.45, 2.75) is 6.18 Å². The van der Waals surface area contributed by atoms with E-state index in [2.05, 4.69) is 4.74 Å². The number of alkyl halides is 3. The van der Waals surface area contributed by atoms with Crippen LogP contribution < -0.4 is 10.5 Å². The van der Waals surface area contributed by atoms with Crippen molar-refractivity contribution in [1.29, 1.82) is 0 Å². The van der Waals surface area contributed by atoms with Crippen LogP contribution in [0.15, 0.2) is 12.1 Å². The number of methoxy groups -OCH3 is 1. The van der Waals surface area contributed by atoms with E-state index in [9.17, 15) is 13.2 Å². The molecule has 1 aromatic rings. The number of nitrogen functional groups attached to an aromatic ring is 1. The van der Waals surface area contributed by atoms with Crippen molar-refractivity contribution in [3.8, 4) is 11.5 Å². The van der Waals surface area contributed by atoms with Gasteiger partial charge >= 0.3 is 6.18 Å². The summed E-state index contributed by atoms with van der Waals surface area (Å²) in [7, 11) is 1.10. The minimum atomic E-state index is -4.57. The van der Waals surface area contributed by atoms with E-state index < -0.39 is 23.2 Å². The summed E-state index contributed by atoms with van der Waals surface area (Å²) < 4.78 is 41.4. The summed E-state index contributed by atoms with van der Waals surface area (Å²) >= 11 is 0. The number of anilines is 1. The van der Waals surface area contributed by atoms with Crippen LogP contribution in [0.2, 0.25) is 0 Å². The molecule has 0 fully saturated rings. The predicted molar refractivity (Wildman–Crippen MR) is 44.1 cm³/mol. The van der Waals surface area contributed by atoms with Crippen LogP contribution in [0, 0.1) is 0 Å². The zero-order chi connectivity index (χ0) is 10.9. The molecule has 0 atom stereocenters. The Labute approximate surface area is 77.9 Å². The molecule has 0 aliphatic carbocycles. The van der Waals surface area contributed by atoms with Crippen molar-refractivity contribution in [2.75, 3.05) is 12.8 Å². The fourth-order valence-corrected chi connectivity index (χ4v) is 0.975. The van der Waals surface area contributed by atoms with Crippen LogP contribution in [-0.2, 0) is 6.18 Å². The van der Waals surface area contributed by atoms with E-state index in [1.807, 2.05) is 0 Å². The first kappa shape index (κ1) is 10.5. The van der Waals surface area contributed by atoms with Crippen molar-refractivity contribution < 1.29 is 23.0 Å². The van der Waals surface area contributed by atoms with Gasteiger partial charge in [0.15, 0.2) is 0 Å². The molecule has 0 aliphatic rings. The van der Waals surface area contributed by atoms with Crippen LogP contribution >= 0.6 is 0 Å². The molecule has 14 heavy (non-hydrogen) atoms. The number of phenolic OH excluding ortho intramolecular Hbond substituents is 1. The summed E-state index contributed by atoms with van der Waals surface area (Å²) in [6, 6.07) is 1.46. The molecule has 0 spiro atoms. The molecule has 3 nitrogen and oxygen atoms in total. The summed E-state index contributed by atoms with van der Waals surface area (Å²) in [6.07, 6.45) is -4.57. The number of aromatic hydroxyl groups is 1. The molecule has 3 N–H and O–H groups in total. The molecule has 0 radical (unpaired) electrons. The van der Waals surface area contributed by atoms with Crippen molar-refractivity contribution in [2.24, 2.45) is 0 Å². The van der Waals surface area contributed by atoms with Gasteiger partial charge < -0.3 is 15.6 Å². The lowest BCUT2D eigenvalue weighted by Crippen LogP contribution is -2.07. The first-order chi connectivity index (χ1) is 6.36. The number of benzene rings is 1. The molecule has 1 aromatic carbocycles. The Hall–Kier alpha value is -1.59. The normalized spacial score (nSPS) is 11.4. The molecule has 1 rings (SSSR count). The second-order valence-electron chi connectivity index (χ2n) is 2.61. The van der Waals surface area contributed by atoms with E-state index in [1.165, 1.54) is 0 Å². The van der Waals surface area contributed by atoms with E-state index in [0.29, 0.717) is 6.07 Å². The number of ether oxygens (including phenoxy) is 1. The second-order valence-corrected chi connectivity index (χ2v) is 2.61. The molecular formula is C8H8F3NO2. The van der Waals surface area contributed by atoms with Gasteiger partial charge in [0, 0.05) is 6.07 Å². The Balaban J connectivity index is 3.35. The standard InChI is InChI=1S/C8H8F3NO2/c1-14-7-3-5(12)6(13)2-4(7)8(9,10)11/h2-3,13H,12H2,1H3. The molecule has 0 aromatic heterocycles. The van der Waals surface area contributed by atoms with E-state index in [-0.39, 0.29) is 5.69 Å². The number of hydrogen-bond acceptors (Lipinski definition) is 3. The fraction of sp³-hybridized carbons (Fsp3) is 0.250. The largest absolute Gasteiger partial charge is 0.506 e. The minimum absolute atomic E-state index is 0.158. The molecule has 0 unspecified atom stereocenters. The smallest absolute Gasteiger partial charge is 0.420 e. The summed E-state index contributed by atoms with van der Waals surface area (Å²) in [5, 5.41) is 9.00. The summed E-state index contributed by atoms with van der Waals surface area (Å²) in [6.45, 7) is 0. The molecule has 0 aliphatic heterocycles. The first-order valence-electron chi connectivity index (χ1n) is 3.60. The van der Waals surface area contributed by atoms with E-state index >= 15 is 0 Å². The van der Waals surface area contributed by atoms with Crippen LogP contribution in [-0.4, -0.2) is 12.2 Å². The monoisotopic (exact) mass is 207 g/mol. The van der Waals surface area contributed by atoms with Crippen LogP contribution in [0.3, 0.4) is 0 Å². The summed E-state index contributed by atoms with van der Waals surface area (Å²) in [5.41, 5.74) is 4.00. The van der Waals surface area contributed by atoms with Gasteiger partial charge in [-0.1, -0.05) is 0 Å². The minimum Gasteiger partial charge on any atom is -0.506 e. The lowest BCUT2D eigenvalue weighted by molar-refractivity contribution is -0.138. The third-order valence-electron chi connectivity index (χ3n) is 1.65.